The van der Waals surface area contributed by atoms with Crippen LogP contribution < -0.4 is 9.84 Å². The second-order valence-corrected chi connectivity index (χ2v) is 2.54. The van der Waals surface area contributed by atoms with Crippen LogP contribution in [0.2, 0.25) is 5.02 Å². The molecule has 1 aromatic rings. The summed E-state index contributed by atoms with van der Waals surface area (Å²) < 4.78 is 4.83. The summed E-state index contributed by atoms with van der Waals surface area (Å²) >= 11 is 5.60. The molecule has 0 fully saturated rings. The molecule has 0 N–H and O–H groups in total. The minimum atomic E-state index is -1.29. The fourth-order valence-electron chi connectivity index (χ4n) is 0.788. The summed E-state index contributed by atoms with van der Waals surface area (Å²) in [7, 11) is 1.48. The van der Waals surface area contributed by atoms with E-state index in [4.69, 9.17) is 16.3 Å². The molecule has 0 spiro atoms. The van der Waals surface area contributed by atoms with Crippen molar-refractivity contribution in [1.82, 2.24) is 0 Å². The van der Waals surface area contributed by atoms with Gasteiger partial charge in [-0.3, -0.25) is 0 Å². The van der Waals surface area contributed by atoms with Crippen molar-refractivity contribution in [3.8, 4) is 5.75 Å². The number of hydrogen-bond acceptors (Lipinski definition) is 3. The van der Waals surface area contributed by atoms with Crippen molar-refractivity contribution < 1.29 is 14.6 Å². The van der Waals surface area contributed by atoms with Gasteiger partial charge in [0.1, 0.15) is 5.75 Å². The van der Waals surface area contributed by atoms with Crippen LogP contribution in [0.3, 0.4) is 0 Å². The zero-order valence-electron chi connectivity index (χ0n) is 6.33. The monoisotopic (exact) mass is 185 g/mol. The van der Waals surface area contributed by atoms with Crippen LogP contribution in [0.15, 0.2) is 18.2 Å². The lowest BCUT2D eigenvalue weighted by Gasteiger charge is -2.06. The number of carboxylic acid groups (broad SMARTS) is 1. The third kappa shape index (κ3) is 1.68. The smallest absolute Gasteiger partial charge is 0.120 e. The lowest BCUT2D eigenvalue weighted by Crippen LogP contribution is -2.22. The molecule has 0 bridgehead atoms. The number of hydrogen-bond donors (Lipinski definition) is 0. The zero-order chi connectivity index (χ0) is 9.14. The van der Waals surface area contributed by atoms with Crippen molar-refractivity contribution >= 4 is 17.6 Å². The molecular formula is C8H6ClO3-. The third-order valence-electron chi connectivity index (χ3n) is 1.40. The largest absolute Gasteiger partial charge is 0.545 e. The highest BCUT2D eigenvalue weighted by molar-refractivity contribution is 6.33. The van der Waals surface area contributed by atoms with Crippen molar-refractivity contribution in [3.63, 3.8) is 0 Å². The molecule has 3 nitrogen and oxygen atoms in total. The van der Waals surface area contributed by atoms with Crippen molar-refractivity contribution in [2.45, 2.75) is 0 Å². The molecule has 0 atom stereocenters. The fourth-order valence-corrected chi connectivity index (χ4v) is 1.04. The predicted octanol–water partition coefficient (Wildman–Crippen LogP) is 0.712. The molecule has 0 heterocycles. The number of carbonyl (C=O) groups excluding carboxylic acids is 1. The van der Waals surface area contributed by atoms with Gasteiger partial charge in [-0.25, -0.2) is 0 Å². The second kappa shape index (κ2) is 3.45. The van der Waals surface area contributed by atoms with Crippen LogP contribution >= 0.6 is 11.6 Å². The molecule has 0 saturated carbocycles. The number of carbonyl (C=O) groups is 1. The maximum absolute atomic E-state index is 10.4. The Morgan fingerprint density at radius 1 is 1.58 bits per heavy atom. The van der Waals surface area contributed by atoms with E-state index in [-0.39, 0.29) is 10.6 Å². The average Bonchev–Trinajstić information content (AvgIpc) is 2.03. The SMILES string of the molecule is COc1ccc(C(=O)[O-])c(Cl)c1. The van der Waals surface area contributed by atoms with Crippen molar-refractivity contribution in [2.75, 3.05) is 7.11 Å². The van der Waals surface area contributed by atoms with E-state index in [2.05, 4.69) is 0 Å². The molecule has 0 aromatic heterocycles. The summed E-state index contributed by atoms with van der Waals surface area (Å²) in [5.74, 6) is -0.771. The molecule has 0 unspecified atom stereocenters. The molecule has 0 radical (unpaired) electrons. The number of ether oxygens (including phenoxy) is 1. The Bertz CT molecular complexity index is 309. The number of rotatable bonds is 2. The topological polar surface area (TPSA) is 49.4 Å². The van der Waals surface area contributed by atoms with Gasteiger partial charge in [0.15, 0.2) is 0 Å². The summed E-state index contributed by atoms with van der Waals surface area (Å²) in [6, 6.07) is 4.28. The first-order chi connectivity index (χ1) is 5.65. The third-order valence-corrected chi connectivity index (χ3v) is 1.71. The highest BCUT2D eigenvalue weighted by Gasteiger charge is 2.01. The van der Waals surface area contributed by atoms with Crippen molar-refractivity contribution in [3.05, 3.63) is 28.8 Å². The first-order valence-corrected chi connectivity index (χ1v) is 3.58. The number of halogens is 1. The van der Waals surface area contributed by atoms with Crippen LogP contribution in [-0.2, 0) is 0 Å². The van der Waals surface area contributed by atoms with Crippen LogP contribution in [0.4, 0.5) is 0 Å². The van der Waals surface area contributed by atoms with E-state index in [1.165, 1.54) is 25.3 Å². The van der Waals surface area contributed by atoms with E-state index in [1.54, 1.807) is 0 Å². The molecule has 1 aromatic carbocycles. The molecule has 64 valence electrons. The van der Waals surface area contributed by atoms with Crippen LogP contribution in [0, 0.1) is 0 Å². The molecule has 0 aliphatic carbocycles. The van der Waals surface area contributed by atoms with Gasteiger partial charge >= 0.3 is 0 Å². The molecule has 0 aliphatic rings. The Hall–Kier alpha value is -1.22. The number of methoxy groups -OCH3 is 1. The maximum Gasteiger partial charge on any atom is 0.120 e. The standard InChI is InChI=1S/C8H7ClO3/c1-12-5-2-3-6(8(10)11)7(9)4-5/h2-4H,1H3,(H,10,11)/p-1. The number of aromatic carboxylic acids is 1. The molecule has 12 heavy (non-hydrogen) atoms. The second-order valence-electron chi connectivity index (χ2n) is 2.13. The van der Waals surface area contributed by atoms with Crippen LogP contribution in [0.5, 0.6) is 5.75 Å². The Morgan fingerprint density at radius 2 is 2.25 bits per heavy atom. The summed E-state index contributed by atoms with van der Waals surface area (Å²) in [6.07, 6.45) is 0. The Morgan fingerprint density at radius 3 is 2.67 bits per heavy atom. The van der Waals surface area contributed by atoms with E-state index in [0.717, 1.165) is 0 Å². The minimum Gasteiger partial charge on any atom is -0.545 e. The van der Waals surface area contributed by atoms with Gasteiger partial charge in [0.2, 0.25) is 0 Å². The molecule has 1 rings (SSSR count). The Labute approximate surface area is 74.5 Å². The maximum atomic E-state index is 10.4. The summed E-state index contributed by atoms with van der Waals surface area (Å²) in [5, 5.41) is 10.5. The van der Waals surface area contributed by atoms with Crippen LogP contribution in [-0.4, -0.2) is 13.1 Å². The summed E-state index contributed by atoms with van der Waals surface area (Å²) in [6.45, 7) is 0. The molecule has 0 saturated heterocycles. The minimum absolute atomic E-state index is 0.0301. The van der Waals surface area contributed by atoms with Crippen molar-refractivity contribution in [2.24, 2.45) is 0 Å². The number of benzene rings is 1. The average molecular weight is 186 g/mol. The Kier molecular flexibility index (Phi) is 2.55. The van der Waals surface area contributed by atoms with E-state index >= 15 is 0 Å². The van der Waals surface area contributed by atoms with E-state index < -0.39 is 5.97 Å². The quantitative estimate of drug-likeness (QED) is 0.682. The zero-order valence-corrected chi connectivity index (χ0v) is 7.09. The van der Waals surface area contributed by atoms with Crippen LogP contribution in [0.25, 0.3) is 0 Å². The van der Waals surface area contributed by atoms with Gasteiger partial charge in [-0.2, -0.15) is 0 Å². The predicted molar refractivity (Wildman–Crippen MR) is 42.3 cm³/mol. The van der Waals surface area contributed by atoms with Crippen LogP contribution in [0.1, 0.15) is 10.4 Å². The highest BCUT2D eigenvalue weighted by Crippen LogP contribution is 2.21. The molecule has 0 amide bonds. The lowest BCUT2D eigenvalue weighted by atomic mass is 10.2. The van der Waals surface area contributed by atoms with Crippen molar-refractivity contribution in [1.29, 1.82) is 0 Å². The number of carboxylic acids is 1. The highest BCUT2D eigenvalue weighted by atomic mass is 35.5. The van der Waals surface area contributed by atoms with Gasteiger partial charge in [0.25, 0.3) is 0 Å². The molecular weight excluding hydrogens is 180 g/mol. The van der Waals surface area contributed by atoms with Gasteiger partial charge in [-0.1, -0.05) is 11.6 Å². The van der Waals surface area contributed by atoms with Gasteiger partial charge in [-0.15, -0.1) is 0 Å². The van der Waals surface area contributed by atoms with E-state index in [1.807, 2.05) is 0 Å². The normalized spacial score (nSPS) is 9.50. The van der Waals surface area contributed by atoms with Gasteiger partial charge in [0.05, 0.1) is 18.1 Å². The summed E-state index contributed by atoms with van der Waals surface area (Å²) in [4.78, 5) is 10.4. The molecule has 0 aliphatic heterocycles. The fraction of sp³-hybridized carbons (Fsp3) is 0.125. The van der Waals surface area contributed by atoms with Gasteiger partial charge in [0, 0.05) is 5.56 Å². The van der Waals surface area contributed by atoms with Gasteiger partial charge in [-0.05, 0) is 18.2 Å². The Balaban J connectivity index is 3.12. The molecule has 4 heteroatoms. The summed E-state index contributed by atoms with van der Waals surface area (Å²) in [5.41, 5.74) is -0.0301. The van der Waals surface area contributed by atoms with E-state index in [0.29, 0.717) is 5.75 Å². The first-order valence-electron chi connectivity index (χ1n) is 3.20. The van der Waals surface area contributed by atoms with E-state index in [9.17, 15) is 9.90 Å². The van der Waals surface area contributed by atoms with Gasteiger partial charge < -0.3 is 14.6 Å². The first kappa shape index (κ1) is 8.87. The lowest BCUT2D eigenvalue weighted by molar-refractivity contribution is -0.255.